The maximum Gasteiger partial charge on any atom is 0.253 e. The van der Waals surface area contributed by atoms with E-state index in [1.807, 2.05) is 19.1 Å². The van der Waals surface area contributed by atoms with Crippen LogP contribution in [-0.4, -0.2) is 23.0 Å². The molecule has 3 rings (SSSR count). The van der Waals surface area contributed by atoms with Gasteiger partial charge in [0.15, 0.2) is 0 Å². The van der Waals surface area contributed by atoms with E-state index < -0.39 is 0 Å². The highest BCUT2D eigenvalue weighted by atomic mass is 35.5. The molecule has 1 aliphatic rings. The lowest BCUT2D eigenvalue weighted by Gasteiger charge is -2.30. The van der Waals surface area contributed by atoms with Gasteiger partial charge in [-0.2, -0.15) is 5.26 Å². The van der Waals surface area contributed by atoms with Crippen molar-refractivity contribution in [3.63, 3.8) is 0 Å². The van der Waals surface area contributed by atoms with Crippen molar-refractivity contribution in [3.05, 3.63) is 57.9 Å². The Bertz CT molecular complexity index is 911. The number of pyridine rings is 1. The number of ether oxygens (including phenoxy) is 1. The smallest absolute Gasteiger partial charge is 0.253 e. The predicted molar refractivity (Wildman–Crippen MR) is 113 cm³/mol. The number of carbonyl (C=O) groups is 1. The summed E-state index contributed by atoms with van der Waals surface area (Å²) in [5.41, 5.74) is 2.82. The van der Waals surface area contributed by atoms with Crippen LogP contribution in [0.25, 0.3) is 0 Å². The molecule has 1 aromatic carbocycles. The van der Waals surface area contributed by atoms with Crippen molar-refractivity contribution in [2.24, 2.45) is 0 Å². The van der Waals surface area contributed by atoms with Crippen molar-refractivity contribution in [1.29, 1.82) is 5.26 Å². The highest BCUT2D eigenvalue weighted by Crippen LogP contribution is 2.31. The van der Waals surface area contributed by atoms with Gasteiger partial charge in [-0.3, -0.25) is 9.78 Å². The Morgan fingerprint density at radius 2 is 1.97 bits per heavy atom. The Hall–Kier alpha value is -2.58. The van der Waals surface area contributed by atoms with E-state index in [4.69, 9.17) is 21.6 Å². The molecule has 0 saturated heterocycles. The summed E-state index contributed by atoms with van der Waals surface area (Å²) in [6.07, 6.45) is 5.15. The maximum absolute atomic E-state index is 12.5. The van der Waals surface area contributed by atoms with Gasteiger partial charge in [-0.1, -0.05) is 25.4 Å². The number of halogens is 1. The zero-order valence-corrected chi connectivity index (χ0v) is 17.8. The van der Waals surface area contributed by atoms with Gasteiger partial charge in [0, 0.05) is 23.5 Å². The summed E-state index contributed by atoms with van der Waals surface area (Å²) in [6, 6.07) is 9.46. The van der Waals surface area contributed by atoms with Gasteiger partial charge in [0.1, 0.15) is 11.8 Å². The van der Waals surface area contributed by atoms with Crippen LogP contribution in [-0.2, 0) is 0 Å². The largest absolute Gasteiger partial charge is 0.490 e. The van der Waals surface area contributed by atoms with Gasteiger partial charge in [0.2, 0.25) is 0 Å². The summed E-state index contributed by atoms with van der Waals surface area (Å²) in [7, 11) is 0. The van der Waals surface area contributed by atoms with Crippen LogP contribution in [0.15, 0.2) is 30.5 Å². The van der Waals surface area contributed by atoms with Crippen LogP contribution in [0, 0.1) is 18.3 Å². The molecule has 1 N–H and O–H groups in total. The summed E-state index contributed by atoms with van der Waals surface area (Å²) in [6.45, 7) is 6.02. The molecule has 29 heavy (non-hydrogen) atoms. The maximum atomic E-state index is 12.5. The van der Waals surface area contributed by atoms with Gasteiger partial charge in [-0.25, -0.2) is 0 Å². The summed E-state index contributed by atoms with van der Waals surface area (Å²) < 4.78 is 6.12. The zero-order valence-electron chi connectivity index (χ0n) is 17.0. The van der Waals surface area contributed by atoms with Gasteiger partial charge in [0.05, 0.1) is 22.3 Å². The number of rotatable bonds is 5. The molecule has 1 amide bonds. The minimum atomic E-state index is -0.0770. The number of hydrogen-bond acceptors (Lipinski definition) is 4. The van der Waals surface area contributed by atoms with Crippen molar-refractivity contribution >= 4 is 17.5 Å². The highest BCUT2D eigenvalue weighted by Gasteiger charge is 2.25. The van der Waals surface area contributed by atoms with Crippen molar-refractivity contribution in [3.8, 4) is 11.8 Å². The first-order valence-corrected chi connectivity index (χ1v) is 10.4. The monoisotopic (exact) mass is 411 g/mol. The van der Waals surface area contributed by atoms with Crippen LogP contribution < -0.4 is 10.1 Å². The minimum Gasteiger partial charge on any atom is -0.490 e. The quantitative estimate of drug-likeness (QED) is 0.737. The Kier molecular flexibility index (Phi) is 6.76. The molecule has 0 radical (unpaired) electrons. The fourth-order valence-electron chi connectivity index (χ4n) is 3.54. The van der Waals surface area contributed by atoms with E-state index in [0.29, 0.717) is 22.1 Å². The Labute approximate surface area is 177 Å². The van der Waals surface area contributed by atoms with Crippen LogP contribution in [0.3, 0.4) is 0 Å². The standard InChI is InChI=1S/C23H26ClN3O2/c1-14(2)20-10-4-17(13-26-20)23(28)27-18-6-8-19(9-7-18)29-21-11-5-16(12-25)22(24)15(21)3/h4-5,10-11,13-14,18-19H,6-9H2,1-3H3,(H,27,28). The first kappa shape index (κ1) is 21.1. The molecule has 1 aliphatic carbocycles. The third-order valence-corrected chi connectivity index (χ3v) is 5.89. The molecule has 0 unspecified atom stereocenters. The lowest BCUT2D eigenvalue weighted by molar-refractivity contribution is 0.0893. The predicted octanol–water partition coefficient (Wildman–Crippen LogP) is 5.16. The molecule has 0 bridgehead atoms. The van der Waals surface area contributed by atoms with E-state index in [2.05, 4.69) is 30.2 Å². The third kappa shape index (κ3) is 5.07. The number of nitrogens with zero attached hydrogens (tertiary/aromatic N) is 2. The minimum absolute atomic E-state index is 0.0770. The van der Waals surface area contributed by atoms with Gasteiger partial charge in [0.25, 0.3) is 5.91 Å². The Morgan fingerprint density at radius 3 is 2.55 bits per heavy atom. The Morgan fingerprint density at radius 1 is 1.24 bits per heavy atom. The van der Waals surface area contributed by atoms with E-state index >= 15 is 0 Å². The molecule has 1 aromatic heterocycles. The number of hydrogen-bond donors (Lipinski definition) is 1. The van der Waals surface area contributed by atoms with Crippen LogP contribution in [0.1, 0.15) is 72.6 Å². The van der Waals surface area contributed by atoms with Crippen molar-refractivity contribution in [2.75, 3.05) is 0 Å². The van der Waals surface area contributed by atoms with Crippen LogP contribution in [0.5, 0.6) is 5.75 Å². The molecule has 0 aliphatic heterocycles. The molecule has 6 heteroatoms. The number of nitriles is 1. The summed E-state index contributed by atoms with van der Waals surface area (Å²) >= 11 is 6.23. The number of aromatic nitrogens is 1. The van der Waals surface area contributed by atoms with Crippen molar-refractivity contribution in [1.82, 2.24) is 10.3 Å². The van der Waals surface area contributed by atoms with Crippen molar-refractivity contribution in [2.45, 2.75) is 64.5 Å². The third-order valence-electron chi connectivity index (χ3n) is 5.40. The van der Waals surface area contributed by atoms with E-state index in [0.717, 1.165) is 42.7 Å². The lowest BCUT2D eigenvalue weighted by atomic mass is 9.92. The molecule has 1 fully saturated rings. The average Bonchev–Trinajstić information content (AvgIpc) is 2.73. The number of nitrogens with one attached hydrogen (secondary N) is 1. The Balaban J connectivity index is 1.52. The second kappa shape index (κ2) is 9.28. The molecule has 0 spiro atoms. The SMILES string of the molecule is Cc1c(OC2CCC(NC(=O)c3ccc(C(C)C)nc3)CC2)ccc(C#N)c1Cl. The summed E-state index contributed by atoms with van der Waals surface area (Å²) in [5.74, 6) is 0.988. The molecule has 1 saturated carbocycles. The molecule has 5 nitrogen and oxygen atoms in total. The van der Waals surface area contributed by atoms with Crippen LogP contribution in [0.2, 0.25) is 5.02 Å². The summed E-state index contributed by atoms with van der Waals surface area (Å²) in [4.78, 5) is 16.9. The van der Waals surface area contributed by atoms with E-state index in [1.54, 1.807) is 18.3 Å². The first-order valence-electron chi connectivity index (χ1n) is 10.0. The lowest BCUT2D eigenvalue weighted by Crippen LogP contribution is -2.39. The molecule has 2 aromatic rings. The van der Waals surface area contributed by atoms with Crippen LogP contribution in [0.4, 0.5) is 0 Å². The number of carbonyl (C=O) groups excluding carboxylic acids is 1. The normalized spacial score (nSPS) is 18.9. The molecular formula is C23H26ClN3O2. The van der Waals surface area contributed by atoms with E-state index in [1.165, 1.54) is 0 Å². The number of amides is 1. The topological polar surface area (TPSA) is 75.0 Å². The zero-order chi connectivity index (χ0) is 21.0. The molecule has 152 valence electrons. The number of benzene rings is 1. The first-order chi connectivity index (χ1) is 13.9. The van der Waals surface area contributed by atoms with Gasteiger partial charge < -0.3 is 10.1 Å². The molecular weight excluding hydrogens is 386 g/mol. The van der Waals surface area contributed by atoms with E-state index in [-0.39, 0.29) is 18.1 Å². The second-order valence-electron chi connectivity index (χ2n) is 7.85. The fraction of sp³-hybridized carbons (Fsp3) is 0.435. The molecule has 1 heterocycles. The van der Waals surface area contributed by atoms with Gasteiger partial charge in [-0.05, 0) is 62.8 Å². The van der Waals surface area contributed by atoms with Crippen LogP contribution >= 0.6 is 11.6 Å². The fourth-order valence-corrected chi connectivity index (χ4v) is 3.73. The van der Waals surface area contributed by atoms with Gasteiger partial charge >= 0.3 is 0 Å². The van der Waals surface area contributed by atoms with E-state index in [9.17, 15) is 4.79 Å². The highest BCUT2D eigenvalue weighted by molar-refractivity contribution is 6.32. The average molecular weight is 412 g/mol. The second-order valence-corrected chi connectivity index (χ2v) is 8.23. The molecule has 0 atom stereocenters. The van der Waals surface area contributed by atoms with Crippen molar-refractivity contribution < 1.29 is 9.53 Å². The van der Waals surface area contributed by atoms with Gasteiger partial charge in [-0.15, -0.1) is 0 Å². The summed E-state index contributed by atoms with van der Waals surface area (Å²) in [5, 5.41) is 12.6.